The molecule has 148 valence electrons. The third-order valence-corrected chi connectivity index (χ3v) is 5.19. The fraction of sp³-hybridized carbons (Fsp3) is 0.550. The van der Waals surface area contributed by atoms with Gasteiger partial charge in [-0.15, -0.1) is 0 Å². The summed E-state index contributed by atoms with van der Waals surface area (Å²) in [6.45, 7) is 4.31. The van der Waals surface area contributed by atoms with Crippen LogP contribution in [-0.4, -0.2) is 66.5 Å². The Bertz CT molecular complexity index is 699. The van der Waals surface area contributed by atoms with E-state index in [9.17, 15) is 14.4 Å². The third-order valence-electron chi connectivity index (χ3n) is 5.19. The van der Waals surface area contributed by atoms with Crippen LogP contribution in [0.15, 0.2) is 24.3 Å². The van der Waals surface area contributed by atoms with Crippen molar-refractivity contribution in [3.05, 3.63) is 29.8 Å². The van der Waals surface area contributed by atoms with Crippen LogP contribution in [-0.2, 0) is 19.8 Å². The van der Waals surface area contributed by atoms with Crippen LogP contribution in [0, 0.1) is 5.92 Å². The van der Waals surface area contributed by atoms with Gasteiger partial charge in [-0.1, -0.05) is 12.1 Å². The maximum atomic E-state index is 12.9. The molecule has 2 amide bonds. The summed E-state index contributed by atoms with van der Waals surface area (Å²) in [5, 5.41) is 9.17. The first-order chi connectivity index (χ1) is 12.7. The Morgan fingerprint density at radius 1 is 1.26 bits per heavy atom. The van der Waals surface area contributed by atoms with Crippen LogP contribution >= 0.6 is 0 Å². The fourth-order valence-corrected chi connectivity index (χ4v) is 3.39. The van der Waals surface area contributed by atoms with Gasteiger partial charge in [0.05, 0.1) is 25.0 Å². The number of methoxy groups -OCH3 is 1. The highest BCUT2D eigenvalue weighted by molar-refractivity contribution is 5.91. The summed E-state index contributed by atoms with van der Waals surface area (Å²) in [6.07, 6.45) is 1.25. The summed E-state index contributed by atoms with van der Waals surface area (Å²) in [4.78, 5) is 39.6. The van der Waals surface area contributed by atoms with Crippen LogP contribution < -0.4 is 4.74 Å². The van der Waals surface area contributed by atoms with Crippen molar-refractivity contribution in [2.24, 2.45) is 5.92 Å². The molecule has 1 aliphatic rings. The predicted molar refractivity (Wildman–Crippen MR) is 101 cm³/mol. The number of hydrogen-bond acceptors (Lipinski definition) is 4. The molecular weight excluding hydrogens is 348 g/mol. The molecule has 0 radical (unpaired) electrons. The smallest absolute Gasteiger partial charge is 0.308 e. The highest BCUT2D eigenvalue weighted by atomic mass is 16.5. The van der Waals surface area contributed by atoms with E-state index in [-0.39, 0.29) is 24.9 Å². The number of rotatable bonds is 6. The Balaban J connectivity index is 2.02. The molecule has 1 fully saturated rings. The molecule has 27 heavy (non-hydrogen) atoms. The van der Waals surface area contributed by atoms with E-state index >= 15 is 0 Å². The number of piperidine rings is 1. The number of carboxylic acids is 1. The molecule has 2 rings (SSSR count). The van der Waals surface area contributed by atoms with Crippen molar-refractivity contribution in [1.29, 1.82) is 0 Å². The number of likely N-dealkylation sites (N-methyl/N-ethyl adjacent to an activating group) is 1. The van der Waals surface area contributed by atoms with Crippen LogP contribution in [0.5, 0.6) is 5.75 Å². The third kappa shape index (κ3) is 4.78. The van der Waals surface area contributed by atoms with Crippen LogP contribution in [0.3, 0.4) is 0 Å². The van der Waals surface area contributed by atoms with Crippen molar-refractivity contribution in [3.8, 4) is 5.75 Å². The first-order valence-corrected chi connectivity index (χ1v) is 9.07. The van der Waals surface area contributed by atoms with E-state index in [1.165, 1.54) is 4.90 Å². The number of carbonyl (C=O) groups excluding carboxylic acids is 2. The van der Waals surface area contributed by atoms with Crippen LogP contribution in [0.2, 0.25) is 0 Å². The van der Waals surface area contributed by atoms with Gasteiger partial charge >= 0.3 is 5.97 Å². The Kier molecular flexibility index (Phi) is 6.46. The Morgan fingerprint density at radius 3 is 2.44 bits per heavy atom. The molecule has 1 aliphatic heterocycles. The molecule has 1 N–H and O–H groups in total. The lowest BCUT2D eigenvalue weighted by Gasteiger charge is -2.34. The zero-order valence-corrected chi connectivity index (χ0v) is 16.4. The molecule has 0 spiro atoms. The number of ether oxygens (including phenoxy) is 1. The van der Waals surface area contributed by atoms with Gasteiger partial charge in [0.1, 0.15) is 5.75 Å². The van der Waals surface area contributed by atoms with E-state index in [0.29, 0.717) is 25.1 Å². The molecule has 0 bridgehead atoms. The average Bonchev–Trinajstić information content (AvgIpc) is 2.67. The molecule has 0 aliphatic carbocycles. The monoisotopic (exact) mass is 376 g/mol. The number of likely N-dealkylation sites (tertiary alicyclic amines) is 1. The summed E-state index contributed by atoms with van der Waals surface area (Å²) < 4.78 is 5.15. The molecule has 1 atom stereocenters. The van der Waals surface area contributed by atoms with Gasteiger partial charge in [0.2, 0.25) is 11.8 Å². The Hall–Kier alpha value is -2.57. The maximum absolute atomic E-state index is 12.9. The highest BCUT2D eigenvalue weighted by Gasteiger charge is 2.34. The van der Waals surface area contributed by atoms with Crippen molar-refractivity contribution < 1.29 is 24.2 Å². The fourth-order valence-electron chi connectivity index (χ4n) is 3.39. The van der Waals surface area contributed by atoms with Gasteiger partial charge < -0.3 is 19.6 Å². The number of benzene rings is 1. The van der Waals surface area contributed by atoms with E-state index in [1.54, 1.807) is 31.2 Å². The second-order valence-corrected chi connectivity index (χ2v) is 7.53. The maximum Gasteiger partial charge on any atom is 0.308 e. The van der Waals surface area contributed by atoms with Crippen molar-refractivity contribution in [3.63, 3.8) is 0 Å². The van der Waals surface area contributed by atoms with Gasteiger partial charge in [0.25, 0.3) is 0 Å². The number of amides is 2. The second-order valence-electron chi connectivity index (χ2n) is 7.53. The van der Waals surface area contributed by atoms with E-state index in [0.717, 1.165) is 5.56 Å². The minimum Gasteiger partial charge on any atom is -0.497 e. The summed E-state index contributed by atoms with van der Waals surface area (Å²) >= 11 is 0. The lowest BCUT2D eigenvalue weighted by molar-refractivity contribution is -0.148. The summed E-state index contributed by atoms with van der Waals surface area (Å²) in [7, 11) is 3.18. The lowest BCUT2D eigenvalue weighted by Crippen LogP contribution is -2.49. The minimum atomic E-state index is -0.877. The minimum absolute atomic E-state index is 0.0647. The first kappa shape index (κ1) is 20.7. The average molecular weight is 376 g/mol. The second kappa shape index (κ2) is 8.41. The molecule has 1 aromatic carbocycles. The number of carbonyl (C=O) groups is 3. The summed E-state index contributed by atoms with van der Waals surface area (Å²) in [6, 6.07) is 7.29. The SMILES string of the molecule is COc1ccc(C(C)(C)C(=O)N(C)CC(=O)N2CCCC(C(=O)O)C2)cc1. The Morgan fingerprint density at radius 2 is 1.89 bits per heavy atom. The zero-order chi connectivity index (χ0) is 20.2. The van der Waals surface area contributed by atoms with E-state index < -0.39 is 17.3 Å². The molecular formula is C20H28N2O5. The molecule has 7 nitrogen and oxygen atoms in total. The number of aliphatic carboxylic acids is 1. The van der Waals surface area contributed by atoms with E-state index in [1.807, 2.05) is 26.0 Å². The molecule has 1 heterocycles. The van der Waals surface area contributed by atoms with Gasteiger partial charge in [-0.25, -0.2) is 0 Å². The van der Waals surface area contributed by atoms with Crippen molar-refractivity contribution in [1.82, 2.24) is 9.80 Å². The molecule has 0 saturated carbocycles. The molecule has 1 aromatic rings. The molecule has 1 saturated heterocycles. The molecule has 0 aromatic heterocycles. The zero-order valence-electron chi connectivity index (χ0n) is 16.4. The van der Waals surface area contributed by atoms with Crippen LogP contribution in [0.4, 0.5) is 0 Å². The molecule has 1 unspecified atom stereocenters. The summed E-state index contributed by atoms with van der Waals surface area (Å²) in [5.74, 6) is -1.09. The van der Waals surface area contributed by atoms with E-state index in [2.05, 4.69) is 0 Å². The van der Waals surface area contributed by atoms with Gasteiger partial charge in [-0.05, 0) is 44.4 Å². The largest absolute Gasteiger partial charge is 0.497 e. The van der Waals surface area contributed by atoms with E-state index in [4.69, 9.17) is 9.84 Å². The standard InChI is InChI=1S/C20H28N2O5/c1-20(2,15-7-9-16(27-4)10-8-15)19(26)21(3)13-17(23)22-11-5-6-14(12-22)18(24)25/h7-10,14H,5-6,11-13H2,1-4H3,(H,24,25). The molecule has 7 heteroatoms. The van der Waals surface area contributed by atoms with Crippen molar-refractivity contribution >= 4 is 17.8 Å². The highest BCUT2D eigenvalue weighted by Crippen LogP contribution is 2.27. The van der Waals surface area contributed by atoms with Gasteiger partial charge in [0, 0.05) is 20.1 Å². The van der Waals surface area contributed by atoms with Gasteiger partial charge in [-0.2, -0.15) is 0 Å². The van der Waals surface area contributed by atoms with Gasteiger partial charge in [0.15, 0.2) is 0 Å². The van der Waals surface area contributed by atoms with Crippen LogP contribution in [0.1, 0.15) is 32.3 Å². The topological polar surface area (TPSA) is 87.2 Å². The lowest BCUT2D eigenvalue weighted by atomic mass is 9.83. The number of nitrogens with zero attached hydrogens (tertiary/aromatic N) is 2. The van der Waals surface area contributed by atoms with Gasteiger partial charge in [-0.3, -0.25) is 14.4 Å². The number of carboxylic acid groups (broad SMARTS) is 1. The number of hydrogen-bond donors (Lipinski definition) is 1. The van der Waals surface area contributed by atoms with Crippen molar-refractivity contribution in [2.45, 2.75) is 32.1 Å². The quantitative estimate of drug-likeness (QED) is 0.817. The normalized spacial score (nSPS) is 17.3. The van der Waals surface area contributed by atoms with Crippen LogP contribution in [0.25, 0.3) is 0 Å². The predicted octanol–water partition coefficient (Wildman–Crippen LogP) is 1.75. The van der Waals surface area contributed by atoms with Crippen molar-refractivity contribution in [2.75, 3.05) is 33.8 Å². The first-order valence-electron chi connectivity index (χ1n) is 9.07. The summed E-state index contributed by atoms with van der Waals surface area (Å²) in [5.41, 5.74) is 0.0313. The Labute approximate surface area is 159 Å².